The summed E-state index contributed by atoms with van der Waals surface area (Å²) in [6.45, 7) is 4.54. The van der Waals surface area contributed by atoms with Crippen LogP contribution in [0.25, 0.3) is 0 Å². The quantitative estimate of drug-likeness (QED) is 0.859. The van der Waals surface area contributed by atoms with Gasteiger partial charge in [-0.2, -0.15) is 0 Å². The summed E-state index contributed by atoms with van der Waals surface area (Å²) in [6, 6.07) is 4.01. The fourth-order valence-electron chi connectivity index (χ4n) is 2.62. The second-order valence-electron chi connectivity index (χ2n) is 5.41. The Bertz CT molecular complexity index is 708. The van der Waals surface area contributed by atoms with Gasteiger partial charge in [0.25, 0.3) is 5.91 Å². The second-order valence-corrected chi connectivity index (χ2v) is 6.22. The van der Waals surface area contributed by atoms with E-state index >= 15 is 0 Å². The van der Waals surface area contributed by atoms with Gasteiger partial charge in [0.2, 0.25) is 5.95 Å². The van der Waals surface area contributed by atoms with E-state index in [-0.39, 0.29) is 5.91 Å². The number of aromatic nitrogens is 4. The fraction of sp³-hybridized carbons (Fsp3) is 0.467. The van der Waals surface area contributed by atoms with Gasteiger partial charge < -0.3 is 0 Å². The highest BCUT2D eigenvalue weighted by Crippen LogP contribution is 2.45. The predicted octanol–water partition coefficient (Wildman–Crippen LogP) is 2.85. The van der Waals surface area contributed by atoms with Crippen molar-refractivity contribution in [3.63, 3.8) is 0 Å². The van der Waals surface area contributed by atoms with Crippen molar-refractivity contribution in [2.24, 2.45) is 0 Å². The van der Waals surface area contributed by atoms with Crippen molar-refractivity contribution in [1.29, 1.82) is 0 Å². The Labute approximate surface area is 133 Å². The number of benzene rings is 1. The molecule has 1 aromatic heterocycles. The van der Waals surface area contributed by atoms with E-state index in [9.17, 15) is 4.79 Å². The summed E-state index contributed by atoms with van der Waals surface area (Å²) in [5.74, 6) is 0.883. The lowest BCUT2D eigenvalue weighted by molar-refractivity contribution is 0.102. The summed E-state index contributed by atoms with van der Waals surface area (Å²) < 4.78 is 1.56. The average Bonchev–Trinajstić information content (AvgIpc) is 3.26. The molecule has 0 unspecified atom stereocenters. The Morgan fingerprint density at radius 2 is 2.23 bits per heavy atom. The van der Waals surface area contributed by atoms with E-state index in [0.29, 0.717) is 24.0 Å². The first-order valence-electron chi connectivity index (χ1n) is 7.40. The average molecular weight is 317 g/mol. The van der Waals surface area contributed by atoms with Crippen LogP contribution in [0.15, 0.2) is 17.0 Å². The molecule has 7 heteroatoms. The van der Waals surface area contributed by atoms with Gasteiger partial charge in [-0.3, -0.25) is 10.1 Å². The van der Waals surface area contributed by atoms with Crippen LogP contribution in [0.5, 0.6) is 0 Å². The lowest BCUT2D eigenvalue weighted by atomic mass is 10.0. The van der Waals surface area contributed by atoms with Crippen LogP contribution >= 0.6 is 11.8 Å². The van der Waals surface area contributed by atoms with Crippen LogP contribution in [-0.4, -0.2) is 32.4 Å². The van der Waals surface area contributed by atoms with Crippen LogP contribution in [0, 0.1) is 6.92 Å². The Kier molecular flexibility index (Phi) is 4.15. The zero-order chi connectivity index (χ0) is 15.7. The standard InChI is InChI=1S/C15H19N5OS/c1-4-20-15(17-18-19-20)16-14(21)11-7-8-12(10-5-6-10)13(22-3)9(11)2/h7-8,10H,4-6H2,1-3H3,(H,16,17,19,21). The molecule has 22 heavy (non-hydrogen) atoms. The molecule has 0 spiro atoms. The minimum Gasteiger partial charge on any atom is -0.289 e. The van der Waals surface area contributed by atoms with Crippen molar-refractivity contribution in [2.75, 3.05) is 11.6 Å². The zero-order valence-corrected chi connectivity index (χ0v) is 13.8. The normalized spacial score (nSPS) is 14.1. The highest BCUT2D eigenvalue weighted by molar-refractivity contribution is 7.98. The van der Waals surface area contributed by atoms with Gasteiger partial charge in [0.15, 0.2) is 0 Å². The van der Waals surface area contributed by atoms with Gasteiger partial charge in [0.1, 0.15) is 0 Å². The molecule has 1 saturated carbocycles. The van der Waals surface area contributed by atoms with Crippen molar-refractivity contribution in [1.82, 2.24) is 20.2 Å². The van der Waals surface area contributed by atoms with Crippen LogP contribution in [0.2, 0.25) is 0 Å². The first kappa shape index (κ1) is 15.0. The third-order valence-corrected chi connectivity index (χ3v) is 4.91. The summed E-state index contributed by atoms with van der Waals surface area (Å²) in [5, 5.41) is 14.0. The van der Waals surface area contributed by atoms with Gasteiger partial charge in [-0.05, 0) is 66.5 Å². The molecular weight excluding hydrogens is 298 g/mol. The maximum atomic E-state index is 12.5. The highest BCUT2D eigenvalue weighted by atomic mass is 32.2. The summed E-state index contributed by atoms with van der Waals surface area (Å²) in [5.41, 5.74) is 3.09. The number of carbonyl (C=O) groups excluding carboxylic acids is 1. The van der Waals surface area contributed by atoms with Gasteiger partial charge in [-0.25, -0.2) is 4.68 Å². The predicted molar refractivity (Wildman–Crippen MR) is 86.4 cm³/mol. The Hall–Kier alpha value is -1.89. The second kappa shape index (κ2) is 6.08. The minimum atomic E-state index is -0.167. The van der Waals surface area contributed by atoms with Gasteiger partial charge in [0, 0.05) is 17.0 Å². The molecule has 0 aliphatic heterocycles. The van der Waals surface area contributed by atoms with Crippen molar-refractivity contribution >= 4 is 23.6 Å². The molecule has 1 heterocycles. The van der Waals surface area contributed by atoms with E-state index in [1.54, 1.807) is 16.4 Å². The van der Waals surface area contributed by atoms with E-state index in [2.05, 4.69) is 33.2 Å². The molecule has 0 saturated heterocycles. The molecule has 1 aliphatic rings. The number of carbonyl (C=O) groups is 1. The minimum absolute atomic E-state index is 0.167. The number of anilines is 1. The van der Waals surface area contributed by atoms with E-state index < -0.39 is 0 Å². The molecule has 1 aliphatic carbocycles. The number of aryl methyl sites for hydroxylation is 1. The summed E-state index contributed by atoms with van der Waals surface area (Å²) >= 11 is 1.71. The molecule has 1 aromatic carbocycles. The first-order valence-corrected chi connectivity index (χ1v) is 8.63. The molecule has 0 radical (unpaired) electrons. The fourth-order valence-corrected chi connectivity index (χ4v) is 3.51. The van der Waals surface area contributed by atoms with Crippen LogP contribution in [0.1, 0.15) is 47.2 Å². The van der Waals surface area contributed by atoms with Crippen LogP contribution < -0.4 is 5.32 Å². The van der Waals surface area contributed by atoms with E-state index in [1.807, 2.05) is 19.9 Å². The van der Waals surface area contributed by atoms with Gasteiger partial charge in [-0.15, -0.1) is 11.8 Å². The first-order chi connectivity index (χ1) is 10.7. The number of thioether (sulfide) groups is 1. The lowest BCUT2D eigenvalue weighted by Gasteiger charge is -2.14. The Morgan fingerprint density at radius 1 is 1.45 bits per heavy atom. The zero-order valence-electron chi connectivity index (χ0n) is 13.0. The molecule has 2 aromatic rings. The smallest absolute Gasteiger partial charge is 0.258 e. The van der Waals surface area contributed by atoms with Crippen molar-refractivity contribution in [2.45, 2.75) is 44.0 Å². The summed E-state index contributed by atoms with van der Waals surface area (Å²) in [6.07, 6.45) is 4.57. The van der Waals surface area contributed by atoms with E-state index in [1.165, 1.54) is 23.3 Å². The molecule has 0 bridgehead atoms. The number of tetrazole rings is 1. The number of hydrogen-bond acceptors (Lipinski definition) is 5. The maximum absolute atomic E-state index is 12.5. The van der Waals surface area contributed by atoms with Gasteiger partial charge >= 0.3 is 0 Å². The third-order valence-electron chi connectivity index (χ3n) is 3.96. The largest absolute Gasteiger partial charge is 0.289 e. The van der Waals surface area contributed by atoms with Gasteiger partial charge in [-0.1, -0.05) is 11.2 Å². The van der Waals surface area contributed by atoms with E-state index in [4.69, 9.17) is 0 Å². The van der Waals surface area contributed by atoms with E-state index in [0.717, 1.165) is 5.56 Å². The topological polar surface area (TPSA) is 72.7 Å². The molecule has 1 amide bonds. The monoisotopic (exact) mass is 317 g/mol. The number of hydrogen-bond donors (Lipinski definition) is 1. The molecule has 1 fully saturated rings. The number of amides is 1. The van der Waals surface area contributed by atoms with Gasteiger partial charge in [0.05, 0.1) is 0 Å². The lowest BCUT2D eigenvalue weighted by Crippen LogP contribution is -2.17. The van der Waals surface area contributed by atoms with Crippen LogP contribution in [0.3, 0.4) is 0 Å². The van der Waals surface area contributed by atoms with Crippen molar-refractivity contribution in [3.8, 4) is 0 Å². The van der Waals surface area contributed by atoms with Crippen molar-refractivity contribution in [3.05, 3.63) is 28.8 Å². The molecule has 3 rings (SSSR count). The summed E-state index contributed by atoms with van der Waals surface area (Å²) in [7, 11) is 0. The van der Waals surface area contributed by atoms with Crippen molar-refractivity contribution < 1.29 is 4.79 Å². The number of nitrogens with zero attached hydrogens (tertiary/aromatic N) is 4. The molecule has 116 valence electrons. The molecule has 1 N–H and O–H groups in total. The molecular formula is C15H19N5OS. The van der Waals surface area contributed by atoms with Crippen LogP contribution in [0.4, 0.5) is 5.95 Å². The number of nitrogens with one attached hydrogen (secondary N) is 1. The Balaban J connectivity index is 1.89. The number of rotatable bonds is 5. The Morgan fingerprint density at radius 3 is 2.86 bits per heavy atom. The molecule has 6 nitrogen and oxygen atoms in total. The highest BCUT2D eigenvalue weighted by Gasteiger charge is 2.28. The summed E-state index contributed by atoms with van der Waals surface area (Å²) in [4.78, 5) is 13.8. The maximum Gasteiger partial charge on any atom is 0.258 e. The SMILES string of the molecule is CCn1nnnc1NC(=O)c1ccc(C2CC2)c(SC)c1C. The molecule has 0 atom stereocenters. The van der Waals surface area contributed by atoms with Crippen LogP contribution in [-0.2, 0) is 6.54 Å². The third kappa shape index (κ3) is 2.72.